The number of hydrogen-bond acceptors (Lipinski definition) is 4. The van der Waals surface area contributed by atoms with Crippen LogP contribution in [0.5, 0.6) is 0 Å². The van der Waals surface area contributed by atoms with Gasteiger partial charge in [-0.2, -0.15) is 0 Å². The standard InChI is InChI=1S/C30H50O4Si2/c1-21(2)36(22(3)4,23(5)6)17-12-13-24-26-29(19-33-24)15-14-25(31)30(26,27(32)34-20-29)16-18-35(10,11)28(7,8)9/h21-26,31H,13-15,19-20H2,1-11H3/t24-,25+,26-,29-,30+/m0/s1. The van der Waals surface area contributed by atoms with Crippen molar-refractivity contribution in [2.75, 3.05) is 13.2 Å². The third-order valence-corrected chi connectivity index (χ3v) is 21.1. The smallest absolute Gasteiger partial charge is 0.327 e. The van der Waals surface area contributed by atoms with E-state index in [2.05, 4.69) is 98.3 Å². The lowest BCUT2D eigenvalue weighted by Gasteiger charge is -2.53. The maximum Gasteiger partial charge on any atom is 0.327 e. The summed E-state index contributed by atoms with van der Waals surface area (Å²) < 4.78 is 12.2. The van der Waals surface area contributed by atoms with E-state index in [1.54, 1.807) is 0 Å². The van der Waals surface area contributed by atoms with Gasteiger partial charge in [-0.15, -0.1) is 17.0 Å². The van der Waals surface area contributed by atoms with Gasteiger partial charge in [-0.1, -0.05) is 81.3 Å². The van der Waals surface area contributed by atoms with Gasteiger partial charge in [0.25, 0.3) is 0 Å². The predicted octanol–water partition coefficient (Wildman–Crippen LogP) is 6.35. The van der Waals surface area contributed by atoms with E-state index in [4.69, 9.17) is 9.47 Å². The van der Waals surface area contributed by atoms with Crippen LogP contribution in [-0.4, -0.2) is 52.6 Å². The van der Waals surface area contributed by atoms with Crippen LogP contribution in [0.3, 0.4) is 0 Å². The Hall–Kier alpha value is -1.06. The highest BCUT2D eigenvalue weighted by atomic mass is 28.3. The molecule has 0 aromatic carbocycles. The summed E-state index contributed by atoms with van der Waals surface area (Å²) in [5.41, 5.74) is 7.60. The molecular formula is C30H50O4Si2. The summed E-state index contributed by atoms with van der Waals surface area (Å²) in [4.78, 5) is 13.5. The first kappa shape index (κ1) is 29.5. The van der Waals surface area contributed by atoms with Crippen molar-refractivity contribution in [2.24, 2.45) is 16.7 Å². The van der Waals surface area contributed by atoms with E-state index in [-0.39, 0.29) is 28.4 Å². The largest absolute Gasteiger partial charge is 0.464 e. The molecule has 0 spiro atoms. The molecule has 0 unspecified atom stereocenters. The average Bonchev–Trinajstić information content (AvgIpc) is 3.13. The molecule has 0 radical (unpaired) electrons. The lowest BCUT2D eigenvalue weighted by Crippen LogP contribution is -2.64. The van der Waals surface area contributed by atoms with Crippen molar-refractivity contribution in [3.8, 4) is 22.9 Å². The molecule has 5 atom stereocenters. The Morgan fingerprint density at radius 2 is 1.61 bits per heavy atom. The Morgan fingerprint density at radius 3 is 2.14 bits per heavy atom. The number of esters is 1. The van der Waals surface area contributed by atoms with E-state index in [0.29, 0.717) is 42.7 Å². The topological polar surface area (TPSA) is 55.8 Å². The summed E-state index contributed by atoms with van der Waals surface area (Å²) in [7, 11) is -3.87. The summed E-state index contributed by atoms with van der Waals surface area (Å²) in [5.74, 6) is 6.48. The van der Waals surface area contributed by atoms with E-state index in [1.165, 1.54) is 0 Å². The highest BCUT2D eigenvalue weighted by Crippen LogP contribution is 2.61. The van der Waals surface area contributed by atoms with Crippen LogP contribution in [0.4, 0.5) is 0 Å². The predicted molar refractivity (Wildman–Crippen MR) is 153 cm³/mol. The molecule has 2 heterocycles. The van der Waals surface area contributed by atoms with Crippen LogP contribution in [0, 0.1) is 39.7 Å². The van der Waals surface area contributed by atoms with Gasteiger partial charge in [0, 0.05) is 17.8 Å². The molecule has 3 fully saturated rings. The Kier molecular flexibility index (Phi) is 8.13. The fourth-order valence-corrected chi connectivity index (χ4v) is 13.3. The highest BCUT2D eigenvalue weighted by molar-refractivity contribution is 6.90. The second-order valence-corrected chi connectivity index (χ2v) is 24.8. The number of cyclic esters (lactones) is 1. The van der Waals surface area contributed by atoms with Crippen LogP contribution in [0.15, 0.2) is 0 Å². The maximum atomic E-state index is 13.5. The molecule has 202 valence electrons. The molecule has 2 bridgehead atoms. The Bertz CT molecular complexity index is 949. The molecule has 1 N–H and O–H groups in total. The summed E-state index contributed by atoms with van der Waals surface area (Å²) in [6.45, 7) is 26.0. The lowest BCUT2D eigenvalue weighted by atomic mass is 9.52. The van der Waals surface area contributed by atoms with Gasteiger partial charge in [0.2, 0.25) is 0 Å². The van der Waals surface area contributed by atoms with Gasteiger partial charge >= 0.3 is 5.97 Å². The SMILES string of the molecule is CC(C)[Si](C#CC[C@@H]1OC[C@@]23CC[C@@H](O)[C@@](C#C[Si](C)(C)C(C)(C)C)(C(=O)OC2)[C@@H]13)(C(C)C)C(C)C. The van der Waals surface area contributed by atoms with Crippen molar-refractivity contribution < 1.29 is 19.4 Å². The van der Waals surface area contributed by atoms with E-state index >= 15 is 0 Å². The molecule has 3 rings (SSSR count). The van der Waals surface area contributed by atoms with Gasteiger partial charge in [-0.3, -0.25) is 4.79 Å². The van der Waals surface area contributed by atoms with E-state index in [0.717, 1.165) is 6.42 Å². The van der Waals surface area contributed by atoms with Gasteiger partial charge in [-0.25, -0.2) is 0 Å². The first-order valence-electron chi connectivity index (χ1n) is 14.0. The first-order chi connectivity index (χ1) is 16.5. The summed E-state index contributed by atoms with van der Waals surface area (Å²) in [5, 5.41) is 11.5. The quantitative estimate of drug-likeness (QED) is 0.261. The third-order valence-electron chi connectivity index (χ3n) is 10.3. The van der Waals surface area contributed by atoms with Gasteiger partial charge in [-0.05, 0) is 34.5 Å². The van der Waals surface area contributed by atoms with Crippen LogP contribution in [0.2, 0.25) is 34.8 Å². The summed E-state index contributed by atoms with van der Waals surface area (Å²) in [6, 6.07) is 0. The molecule has 1 aliphatic carbocycles. The van der Waals surface area contributed by atoms with Gasteiger partial charge < -0.3 is 14.6 Å². The first-order valence-corrected chi connectivity index (χ1v) is 19.2. The van der Waals surface area contributed by atoms with Crippen LogP contribution in [0.25, 0.3) is 0 Å². The lowest BCUT2D eigenvalue weighted by molar-refractivity contribution is -0.200. The zero-order chi connectivity index (χ0) is 27.3. The monoisotopic (exact) mass is 530 g/mol. The number of hydrogen-bond donors (Lipinski definition) is 1. The molecule has 0 amide bonds. The minimum absolute atomic E-state index is 0.0570. The average molecular weight is 531 g/mol. The Labute approximate surface area is 222 Å². The van der Waals surface area contributed by atoms with Crippen molar-refractivity contribution in [1.29, 1.82) is 0 Å². The molecule has 0 aromatic rings. The zero-order valence-electron chi connectivity index (χ0n) is 24.7. The van der Waals surface area contributed by atoms with Crippen molar-refractivity contribution in [2.45, 2.75) is 129 Å². The number of aliphatic hydroxyl groups is 1. The molecule has 1 saturated carbocycles. The van der Waals surface area contributed by atoms with Gasteiger partial charge in [0.1, 0.15) is 16.1 Å². The van der Waals surface area contributed by atoms with Crippen molar-refractivity contribution >= 4 is 22.1 Å². The van der Waals surface area contributed by atoms with E-state index in [1.807, 2.05) is 0 Å². The Balaban J connectivity index is 2.06. The number of rotatable bonds is 4. The molecule has 2 saturated heterocycles. The molecule has 4 nitrogen and oxygen atoms in total. The highest BCUT2D eigenvalue weighted by Gasteiger charge is 2.70. The zero-order valence-corrected chi connectivity index (χ0v) is 26.7. The van der Waals surface area contributed by atoms with Crippen LogP contribution in [-0.2, 0) is 14.3 Å². The normalized spacial score (nSPS) is 32.5. The van der Waals surface area contributed by atoms with Gasteiger partial charge in [0.15, 0.2) is 5.41 Å². The minimum Gasteiger partial charge on any atom is -0.464 e. The maximum absolute atomic E-state index is 13.5. The molecule has 36 heavy (non-hydrogen) atoms. The van der Waals surface area contributed by atoms with Crippen molar-refractivity contribution in [3.05, 3.63) is 0 Å². The second-order valence-electron chi connectivity index (χ2n) is 14.2. The second kappa shape index (κ2) is 9.92. The fourth-order valence-electron chi connectivity index (χ4n) is 7.09. The minimum atomic E-state index is -2.01. The number of ether oxygens (including phenoxy) is 2. The van der Waals surface area contributed by atoms with Crippen molar-refractivity contribution in [1.82, 2.24) is 0 Å². The molecule has 6 heteroatoms. The number of carbonyl (C=O) groups is 1. The Morgan fingerprint density at radius 1 is 1.03 bits per heavy atom. The van der Waals surface area contributed by atoms with E-state index < -0.39 is 27.7 Å². The van der Waals surface area contributed by atoms with Crippen LogP contribution >= 0.6 is 0 Å². The number of aliphatic hydroxyl groups excluding tert-OH is 1. The number of carbonyl (C=O) groups excluding carboxylic acids is 1. The van der Waals surface area contributed by atoms with Gasteiger partial charge in [0.05, 0.1) is 25.4 Å². The summed E-state index contributed by atoms with van der Waals surface area (Å²) >= 11 is 0. The molecule has 0 aromatic heterocycles. The van der Waals surface area contributed by atoms with Crippen molar-refractivity contribution in [3.63, 3.8) is 0 Å². The molecule has 3 aliphatic rings. The molecular weight excluding hydrogens is 480 g/mol. The van der Waals surface area contributed by atoms with Crippen LogP contribution in [0.1, 0.15) is 81.6 Å². The third kappa shape index (κ3) is 4.55. The fraction of sp³-hybridized carbons (Fsp3) is 0.833. The van der Waals surface area contributed by atoms with E-state index in [9.17, 15) is 9.90 Å². The summed E-state index contributed by atoms with van der Waals surface area (Å²) in [6.07, 6.45) is 0.878. The molecule has 2 aliphatic heterocycles. The van der Waals surface area contributed by atoms with Crippen LogP contribution < -0.4 is 0 Å².